The number of fused-ring (bicyclic) bond motifs is 1. The van der Waals surface area contributed by atoms with Crippen LogP contribution in [0.15, 0.2) is 17.6 Å². The van der Waals surface area contributed by atoms with Crippen molar-refractivity contribution in [3.05, 3.63) is 33.3 Å². The van der Waals surface area contributed by atoms with Crippen molar-refractivity contribution < 1.29 is 4.92 Å². The van der Waals surface area contributed by atoms with Crippen LogP contribution in [0.1, 0.15) is 19.4 Å². The lowest BCUT2D eigenvalue weighted by Crippen LogP contribution is -2.12. The first-order chi connectivity index (χ1) is 8.50. The summed E-state index contributed by atoms with van der Waals surface area (Å²) in [6.07, 6.45) is 0.489. The van der Waals surface area contributed by atoms with Crippen LogP contribution in [-0.2, 0) is 6.42 Å². The number of nitro benzene ring substituents is 1. The standard InChI is InChI=1S/C12H13ClN2O2S/c1-7(2)9(13)5-8-3-4-10-11(14-6-18-10)12(8)15(16)17/h3-4,6-7,9H,5H2,1-2H3. The van der Waals surface area contributed by atoms with E-state index in [1.54, 1.807) is 11.6 Å². The Balaban J connectivity index is 2.49. The maximum absolute atomic E-state index is 11.2. The van der Waals surface area contributed by atoms with E-state index >= 15 is 0 Å². The molecular formula is C12H13ClN2O2S. The monoisotopic (exact) mass is 284 g/mol. The number of nitrogens with zero attached hydrogens (tertiary/aromatic N) is 2. The highest BCUT2D eigenvalue weighted by Crippen LogP contribution is 2.32. The highest BCUT2D eigenvalue weighted by atomic mass is 35.5. The van der Waals surface area contributed by atoms with Crippen LogP contribution in [-0.4, -0.2) is 15.3 Å². The van der Waals surface area contributed by atoms with Gasteiger partial charge in [-0.1, -0.05) is 19.9 Å². The predicted octanol–water partition coefficient (Wildman–Crippen LogP) is 4.01. The van der Waals surface area contributed by atoms with E-state index in [9.17, 15) is 10.1 Å². The molecule has 1 aromatic carbocycles. The molecule has 0 fully saturated rings. The van der Waals surface area contributed by atoms with Crippen LogP contribution in [0.5, 0.6) is 0 Å². The molecule has 0 amide bonds. The zero-order valence-electron chi connectivity index (χ0n) is 10.1. The normalized spacial score (nSPS) is 13.1. The fraction of sp³-hybridized carbons (Fsp3) is 0.417. The van der Waals surface area contributed by atoms with Gasteiger partial charge >= 0.3 is 0 Å². The largest absolute Gasteiger partial charge is 0.299 e. The fourth-order valence-corrected chi connectivity index (χ4v) is 2.62. The van der Waals surface area contributed by atoms with Crippen molar-refractivity contribution in [2.45, 2.75) is 25.6 Å². The number of benzene rings is 1. The molecule has 1 atom stereocenters. The Kier molecular flexibility index (Phi) is 3.82. The van der Waals surface area contributed by atoms with Crippen LogP contribution in [0.4, 0.5) is 5.69 Å². The van der Waals surface area contributed by atoms with Gasteiger partial charge in [0.25, 0.3) is 5.69 Å². The van der Waals surface area contributed by atoms with E-state index in [4.69, 9.17) is 11.6 Å². The van der Waals surface area contributed by atoms with Gasteiger partial charge in [-0.05, 0) is 18.4 Å². The molecule has 1 unspecified atom stereocenters. The minimum Gasteiger partial charge on any atom is -0.258 e. The zero-order valence-corrected chi connectivity index (χ0v) is 11.7. The molecule has 4 nitrogen and oxygen atoms in total. The first kappa shape index (κ1) is 13.2. The first-order valence-electron chi connectivity index (χ1n) is 5.64. The Morgan fingerprint density at radius 3 is 2.83 bits per heavy atom. The molecule has 0 aliphatic rings. The van der Waals surface area contributed by atoms with Crippen molar-refractivity contribution in [3.8, 4) is 0 Å². The van der Waals surface area contributed by atoms with E-state index < -0.39 is 0 Å². The van der Waals surface area contributed by atoms with Gasteiger partial charge in [-0.2, -0.15) is 0 Å². The number of nitro groups is 1. The van der Waals surface area contributed by atoms with Gasteiger partial charge in [0.15, 0.2) is 5.52 Å². The predicted molar refractivity (Wildman–Crippen MR) is 74.5 cm³/mol. The van der Waals surface area contributed by atoms with Gasteiger partial charge in [-0.15, -0.1) is 22.9 Å². The third-order valence-corrected chi connectivity index (χ3v) is 4.33. The summed E-state index contributed by atoms with van der Waals surface area (Å²) in [5.74, 6) is 0.275. The van der Waals surface area contributed by atoms with Gasteiger partial charge in [-0.25, -0.2) is 4.98 Å². The van der Waals surface area contributed by atoms with Gasteiger partial charge in [0, 0.05) is 10.9 Å². The topological polar surface area (TPSA) is 56.0 Å². The van der Waals surface area contributed by atoms with Crippen molar-refractivity contribution in [2.24, 2.45) is 5.92 Å². The number of aromatic nitrogens is 1. The maximum Gasteiger partial charge on any atom is 0.299 e. The number of rotatable bonds is 4. The second kappa shape index (κ2) is 5.20. The molecule has 0 saturated carbocycles. The first-order valence-corrected chi connectivity index (χ1v) is 6.96. The second-order valence-electron chi connectivity index (χ2n) is 4.49. The minimum atomic E-state index is -0.360. The van der Waals surface area contributed by atoms with Gasteiger partial charge in [-0.3, -0.25) is 10.1 Å². The highest BCUT2D eigenvalue weighted by Gasteiger charge is 2.23. The quantitative estimate of drug-likeness (QED) is 0.484. The van der Waals surface area contributed by atoms with Crippen LogP contribution in [0.3, 0.4) is 0 Å². The summed E-state index contributed by atoms with van der Waals surface area (Å²) in [6, 6.07) is 3.66. The van der Waals surface area contributed by atoms with Crippen LogP contribution in [0.25, 0.3) is 10.2 Å². The number of alkyl halides is 1. The molecule has 0 aliphatic carbocycles. The SMILES string of the molecule is CC(C)C(Cl)Cc1ccc2scnc2c1[N+](=O)[O-]. The fourth-order valence-electron chi connectivity index (χ4n) is 1.77. The van der Waals surface area contributed by atoms with Crippen molar-refractivity contribution in [1.29, 1.82) is 0 Å². The van der Waals surface area contributed by atoms with Gasteiger partial charge in [0.2, 0.25) is 0 Å². The lowest BCUT2D eigenvalue weighted by atomic mass is 10.0. The molecular weight excluding hydrogens is 272 g/mol. The van der Waals surface area contributed by atoms with Crippen LogP contribution < -0.4 is 0 Å². The lowest BCUT2D eigenvalue weighted by molar-refractivity contribution is -0.383. The minimum absolute atomic E-state index is 0.0973. The molecule has 0 N–H and O–H groups in total. The Hall–Kier alpha value is -1.20. The Labute approximate surface area is 114 Å². The number of thiazole rings is 1. The van der Waals surface area contributed by atoms with Crippen molar-refractivity contribution in [3.63, 3.8) is 0 Å². The summed E-state index contributed by atoms with van der Waals surface area (Å²) in [4.78, 5) is 14.9. The zero-order chi connectivity index (χ0) is 13.3. The lowest BCUT2D eigenvalue weighted by Gasteiger charge is -2.13. The molecule has 6 heteroatoms. The van der Waals surface area contributed by atoms with Gasteiger partial charge < -0.3 is 0 Å². The highest BCUT2D eigenvalue weighted by molar-refractivity contribution is 7.16. The summed E-state index contributed by atoms with van der Waals surface area (Å²) in [5, 5.41) is 11.1. The second-order valence-corrected chi connectivity index (χ2v) is 5.94. The Morgan fingerprint density at radius 2 is 2.22 bits per heavy atom. The Bertz CT molecular complexity index is 582. The third-order valence-electron chi connectivity index (χ3n) is 2.88. The molecule has 2 rings (SSSR count). The summed E-state index contributed by atoms with van der Waals surface area (Å²) in [6.45, 7) is 4.01. The van der Waals surface area contributed by atoms with E-state index in [0.29, 0.717) is 17.5 Å². The van der Waals surface area contributed by atoms with Gasteiger partial charge in [0.1, 0.15) is 0 Å². The molecule has 0 radical (unpaired) electrons. The van der Waals surface area contributed by atoms with E-state index in [1.807, 2.05) is 19.9 Å². The molecule has 2 aromatic rings. The Morgan fingerprint density at radius 1 is 1.50 bits per heavy atom. The average Bonchev–Trinajstić information content (AvgIpc) is 2.75. The molecule has 0 bridgehead atoms. The van der Waals surface area contributed by atoms with E-state index in [-0.39, 0.29) is 21.9 Å². The van der Waals surface area contributed by atoms with Crippen LogP contribution >= 0.6 is 22.9 Å². The molecule has 18 heavy (non-hydrogen) atoms. The van der Waals surface area contributed by atoms with Crippen molar-refractivity contribution in [1.82, 2.24) is 4.98 Å². The molecule has 0 saturated heterocycles. The van der Waals surface area contributed by atoms with E-state index in [0.717, 1.165) is 4.70 Å². The molecule has 1 aromatic heterocycles. The number of hydrogen-bond donors (Lipinski definition) is 0. The molecule has 96 valence electrons. The van der Waals surface area contributed by atoms with Crippen LogP contribution in [0.2, 0.25) is 0 Å². The summed E-state index contributed by atoms with van der Waals surface area (Å²) < 4.78 is 0.834. The molecule has 1 heterocycles. The van der Waals surface area contributed by atoms with Crippen LogP contribution in [0, 0.1) is 16.0 Å². The summed E-state index contributed by atoms with van der Waals surface area (Å²) in [7, 11) is 0. The van der Waals surface area contributed by atoms with Crippen molar-refractivity contribution >= 4 is 38.8 Å². The molecule has 0 aliphatic heterocycles. The smallest absolute Gasteiger partial charge is 0.258 e. The summed E-state index contributed by atoms with van der Waals surface area (Å²) >= 11 is 7.62. The maximum atomic E-state index is 11.2. The van der Waals surface area contributed by atoms with E-state index in [2.05, 4.69) is 4.98 Å². The van der Waals surface area contributed by atoms with E-state index in [1.165, 1.54) is 11.3 Å². The van der Waals surface area contributed by atoms with Gasteiger partial charge in [0.05, 0.1) is 15.1 Å². The molecule has 0 spiro atoms. The third kappa shape index (κ3) is 2.47. The number of halogens is 1. The van der Waals surface area contributed by atoms with Crippen molar-refractivity contribution in [2.75, 3.05) is 0 Å². The number of hydrogen-bond acceptors (Lipinski definition) is 4. The summed E-state index contributed by atoms with van der Waals surface area (Å²) in [5.41, 5.74) is 2.85. The average molecular weight is 285 g/mol.